The lowest BCUT2D eigenvalue weighted by atomic mass is 9.79. The summed E-state index contributed by atoms with van der Waals surface area (Å²) in [6.45, 7) is 5.36. The van der Waals surface area contributed by atoms with Gasteiger partial charge in [-0.15, -0.1) is 0 Å². The highest BCUT2D eigenvalue weighted by Crippen LogP contribution is 2.54. The fourth-order valence-electron chi connectivity index (χ4n) is 4.88. The van der Waals surface area contributed by atoms with Gasteiger partial charge in [0.1, 0.15) is 5.82 Å². The maximum atomic E-state index is 10.2. The number of nitrogens with zero attached hydrogens (tertiary/aromatic N) is 4. The number of rotatable bonds is 4. The van der Waals surface area contributed by atoms with Crippen LogP contribution in [0, 0.1) is 11.3 Å². The Morgan fingerprint density at radius 2 is 2.07 bits per heavy atom. The van der Waals surface area contributed by atoms with Crippen molar-refractivity contribution in [2.24, 2.45) is 0 Å². The minimum atomic E-state index is -0.713. The Balaban J connectivity index is 1.79. The van der Waals surface area contributed by atoms with E-state index in [9.17, 15) is 5.26 Å². The second kappa shape index (κ2) is 7.48. The SMILES string of the molecule is CCc1cc2c(C3(C#N)CCCC3)cc(N3CCOCC3)nc2p1-c1ccn[nH]1. The van der Waals surface area contributed by atoms with Crippen molar-refractivity contribution < 1.29 is 4.74 Å². The summed E-state index contributed by atoms with van der Waals surface area (Å²) in [6, 6.07) is 9.34. The third-order valence-corrected chi connectivity index (χ3v) is 8.96. The molecule has 29 heavy (non-hydrogen) atoms. The average Bonchev–Trinajstić information content (AvgIpc) is 3.52. The van der Waals surface area contributed by atoms with Crippen molar-refractivity contribution in [3.63, 3.8) is 0 Å². The van der Waals surface area contributed by atoms with E-state index in [0.29, 0.717) is 0 Å². The Bertz CT molecular complexity index is 1050. The van der Waals surface area contributed by atoms with Crippen LogP contribution in [0.25, 0.3) is 16.1 Å². The van der Waals surface area contributed by atoms with Crippen molar-refractivity contribution in [1.29, 1.82) is 5.26 Å². The van der Waals surface area contributed by atoms with E-state index in [1.807, 2.05) is 6.20 Å². The summed E-state index contributed by atoms with van der Waals surface area (Å²) in [7, 11) is -0.713. The van der Waals surface area contributed by atoms with Crippen LogP contribution in [-0.2, 0) is 16.6 Å². The zero-order valence-corrected chi connectivity index (χ0v) is 17.7. The Morgan fingerprint density at radius 1 is 1.28 bits per heavy atom. The van der Waals surface area contributed by atoms with Crippen LogP contribution in [0.4, 0.5) is 5.82 Å². The van der Waals surface area contributed by atoms with Gasteiger partial charge in [0, 0.05) is 24.7 Å². The van der Waals surface area contributed by atoms with Crippen LogP contribution in [0.3, 0.4) is 0 Å². The van der Waals surface area contributed by atoms with Crippen molar-refractivity contribution in [2.75, 3.05) is 31.2 Å². The number of hydrogen-bond donors (Lipinski definition) is 1. The highest BCUT2D eigenvalue weighted by atomic mass is 31.1. The fourth-order valence-corrected chi connectivity index (χ4v) is 7.27. The minimum Gasteiger partial charge on any atom is -0.378 e. The molecule has 1 aliphatic carbocycles. The van der Waals surface area contributed by atoms with Crippen LogP contribution in [0.5, 0.6) is 0 Å². The van der Waals surface area contributed by atoms with Crippen molar-refractivity contribution in [3.05, 3.63) is 35.3 Å². The zero-order chi connectivity index (χ0) is 19.8. The molecule has 1 atom stereocenters. The van der Waals surface area contributed by atoms with Gasteiger partial charge in [-0.2, -0.15) is 10.4 Å². The van der Waals surface area contributed by atoms with Crippen LogP contribution < -0.4 is 4.90 Å². The van der Waals surface area contributed by atoms with E-state index >= 15 is 0 Å². The maximum absolute atomic E-state index is 10.2. The topological polar surface area (TPSA) is 77.8 Å². The Morgan fingerprint density at radius 3 is 2.72 bits per heavy atom. The average molecular weight is 407 g/mol. The number of pyridine rings is 1. The molecule has 1 aliphatic heterocycles. The standard InChI is InChI=1S/C22H26N5OP/c1-2-16-13-17-18(22(15-23)6-3-4-7-22)14-19(27-9-11-28-12-10-27)25-21(17)29(16)20-5-8-24-26-20/h5,8,13-14H,2-4,6-7,9-12H2,1H3,(H,24,26). The second-order valence-corrected chi connectivity index (χ2v) is 10.2. The van der Waals surface area contributed by atoms with Gasteiger partial charge in [0.2, 0.25) is 0 Å². The third-order valence-electron chi connectivity index (χ3n) is 6.45. The Labute approximate surface area is 171 Å². The van der Waals surface area contributed by atoms with Crippen molar-refractivity contribution in [3.8, 4) is 11.5 Å². The molecule has 0 aromatic carbocycles. The number of H-pyrrole nitrogens is 1. The van der Waals surface area contributed by atoms with Crippen LogP contribution in [0.2, 0.25) is 0 Å². The van der Waals surface area contributed by atoms with Gasteiger partial charge in [0.15, 0.2) is 0 Å². The van der Waals surface area contributed by atoms with Crippen LogP contribution in [-0.4, -0.2) is 41.5 Å². The molecular weight excluding hydrogens is 381 g/mol. The van der Waals surface area contributed by atoms with Gasteiger partial charge in [0.25, 0.3) is 0 Å². The number of aryl methyl sites for hydroxylation is 1. The molecule has 0 bridgehead atoms. The van der Waals surface area contributed by atoms with Gasteiger partial charge >= 0.3 is 0 Å². The van der Waals surface area contributed by atoms with E-state index < -0.39 is 7.53 Å². The highest BCUT2D eigenvalue weighted by Gasteiger charge is 2.38. The number of fused-ring (bicyclic) bond motifs is 1. The smallest absolute Gasteiger partial charge is 0.130 e. The molecule has 4 heterocycles. The summed E-state index contributed by atoms with van der Waals surface area (Å²) in [6.07, 6.45) is 6.93. The summed E-state index contributed by atoms with van der Waals surface area (Å²) in [5, 5.41) is 21.4. The highest BCUT2D eigenvalue weighted by molar-refractivity contribution is 7.62. The number of morpholine rings is 1. The van der Waals surface area contributed by atoms with E-state index in [-0.39, 0.29) is 5.41 Å². The number of anilines is 1. The van der Waals surface area contributed by atoms with E-state index in [4.69, 9.17) is 9.72 Å². The number of aromatic amines is 1. The molecule has 0 amide bonds. The van der Waals surface area contributed by atoms with Gasteiger partial charge < -0.3 is 9.64 Å². The lowest BCUT2D eigenvalue weighted by Crippen LogP contribution is -2.37. The molecule has 2 aliphatic rings. The molecule has 3 aromatic rings. The largest absolute Gasteiger partial charge is 0.378 e. The van der Waals surface area contributed by atoms with Gasteiger partial charge in [-0.25, -0.2) is 4.98 Å². The third kappa shape index (κ3) is 3.04. The molecule has 5 rings (SSSR count). The number of aromatic nitrogens is 3. The minimum absolute atomic E-state index is 0.386. The molecule has 7 heteroatoms. The Hall–Kier alpha value is -2.35. The lowest BCUT2D eigenvalue weighted by Gasteiger charge is -2.30. The first kappa shape index (κ1) is 18.7. The molecule has 6 nitrogen and oxygen atoms in total. The van der Waals surface area contributed by atoms with Crippen molar-refractivity contribution >= 4 is 24.0 Å². The predicted octanol–water partition coefficient (Wildman–Crippen LogP) is 4.67. The van der Waals surface area contributed by atoms with Gasteiger partial charge in [0.05, 0.1) is 35.4 Å². The fraction of sp³-hybridized carbons (Fsp3) is 0.500. The van der Waals surface area contributed by atoms with Gasteiger partial charge in [-0.3, -0.25) is 5.10 Å². The molecule has 150 valence electrons. The molecule has 1 saturated heterocycles. The summed E-state index contributed by atoms with van der Waals surface area (Å²) in [5.74, 6) is 1.00. The van der Waals surface area contributed by atoms with Crippen molar-refractivity contribution in [1.82, 2.24) is 15.2 Å². The first-order valence-corrected chi connectivity index (χ1v) is 11.9. The first-order chi connectivity index (χ1) is 14.3. The van der Waals surface area contributed by atoms with Crippen LogP contribution in [0.15, 0.2) is 24.4 Å². The summed E-state index contributed by atoms with van der Waals surface area (Å²) in [4.78, 5) is 7.52. The van der Waals surface area contributed by atoms with Crippen molar-refractivity contribution in [2.45, 2.75) is 44.4 Å². The number of nitrogens with one attached hydrogen (secondary N) is 1. The first-order valence-electron chi connectivity index (χ1n) is 10.6. The second-order valence-electron chi connectivity index (χ2n) is 8.03. The Kier molecular flexibility index (Phi) is 4.81. The number of nitriles is 1. The summed E-state index contributed by atoms with van der Waals surface area (Å²) in [5.41, 5.74) is 1.95. The quantitative estimate of drug-likeness (QED) is 0.680. The normalized spacial score (nSPS) is 19.6. The van der Waals surface area contributed by atoms with E-state index in [2.05, 4.69) is 46.3 Å². The molecule has 0 radical (unpaired) electrons. The number of ether oxygens (including phenoxy) is 1. The molecule has 1 unspecified atom stereocenters. The van der Waals surface area contributed by atoms with Crippen LogP contribution >= 0.6 is 7.53 Å². The molecule has 1 N–H and O–H groups in total. The van der Waals surface area contributed by atoms with E-state index in [1.165, 1.54) is 16.2 Å². The molecule has 1 saturated carbocycles. The zero-order valence-electron chi connectivity index (χ0n) is 16.8. The van der Waals surface area contributed by atoms with E-state index in [1.54, 1.807) is 0 Å². The van der Waals surface area contributed by atoms with Crippen LogP contribution in [0.1, 0.15) is 43.5 Å². The lowest BCUT2D eigenvalue weighted by molar-refractivity contribution is 0.122. The molecule has 0 spiro atoms. The predicted molar refractivity (Wildman–Crippen MR) is 116 cm³/mol. The maximum Gasteiger partial charge on any atom is 0.130 e. The molecule has 3 aromatic heterocycles. The summed E-state index contributed by atoms with van der Waals surface area (Å²) < 4.78 is 5.56. The molecular formula is C22H26N5OP. The van der Waals surface area contributed by atoms with Gasteiger partial charge in [-0.05, 0) is 55.9 Å². The molecule has 2 fully saturated rings. The monoisotopic (exact) mass is 407 g/mol. The van der Waals surface area contributed by atoms with E-state index in [0.717, 1.165) is 74.9 Å². The summed E-state index contributed by atoms with van der Waals surface area (Å²) >= 11 is 0. The van der Waals surface area contributed by atoms with Gasteiger partial charge in [-0.1, -0.05) is 19.8 Å². The number of hydrogen-bond acceptors (Lipinski definition) is 5.